The maximum atomic E-state index is 15.2. The maximum Gasteiger partial charge on any atom is 0.305 e. The molecule has 0 unspecified atom stereocenters. The van der Waals surface area contributed by atoms with Crippen LogP contribution in [0.3, 0.4) is 0 Å². The topological polar surface area (TPSA) is 215 Å². The molecular formula is C45H46O17. The van der Waals surface area contributed by atoms with Gasteiger partial charge >= 0.3 is 29.7 Å². The summed E-state index contributed by atoms with van der Waals surface area (Å²) in [4.78, 5) is 80.1. The number of carbonyl (C=O) groups is 6. The van der Waals surface area contributed by atoms with Crippen LogP contribution in [0.1, 0.15) is 86.7 Å². The fraction of sp³-hybridized carbons (Fsp3) is 0.467. The Kier molecular flexibility index (Phi) is 10.9. The normalized spacial score (nSPS) is 31.2. The molecule has 0 aromatic heterocycles. The van der Waals surface area contributed by atoms with Crippen LogP contribution in [0.15, 0.2) is 66.7 Å². The molecule has 8 rings (SSSR count). The van der Waals surface area contributed by atoms with Gasteiger partial charge in [-0.25, -0.2) is 0 Å². The third-order valence-corrected chi connectivity index (χ3v) is 11.6. The smallest absolute Gasteiger partial charge is 0.305 e. The average molecular weight is 859 g/mol. The van der Waals surface area contributed by atoms with Crippen LogP contribution in [0.2, 0.25) is 0 Å². The van der Waals surface area contributed by atoms with E-state index in [1.165, 1.54) is 6.07 Å². The van der Waals surface area contributed by atoms with E-state index < -0.39 is 120 Å². The summed E-state index contributed by atoms with van der Waals surface area (Å²) >= 11 is 0. The highest BCUT2D eigenvalue weighted by Crippen LogP contribution is 2.58. The molecule has 328 valence electrons. The highest BCUT2D eigenvalue weighted by molar-refractivity contribution is 6.19. The number of carbonyl (C=O) groups excluding carboxylic acids is 6. The number of hydrogen-bond acceptors (Lipinski definition) is 17. The minimum atomic E-state index is -1.75. The van der Waals surface area contributed by atoms with E-state index in [0.717, 1.165) is 27.7 Å². The lowest BCUT2D eigenvalue weighted by Gasteiger charge is -2.50. The number of benzene rings is 3. The number of fused-ring (bicyclic) bond motifs is 5. The van der Waals surface area contributed by atoms with Crippen LogP contribution in [0.5, 0.6) is 17.2 Å². The van der Waals surface area contributed by atoms with Crippen molar-refractivity contribution in [1.82, 2.24) is 0 Å². The van der Waals surface area contributed by atoms with Gasteiger partial charge in [-0.3, -0.25) is 28.8 Å². The van der Waals surface area contributed by atoms with Crippen LogP contribution in [-0.2, 0) is 62.9 Å². The third-order valence-electron chi connectivity index (χ3n) is 11.6. The fourth-order valence-corrected chi connectivity index (χ4v) is 9.50. The standard InChI is InChI=1S/C45H46O17/c1-21(46)53-20-30-37(54-22(2)47)39(55-23(3)48)40(56-24(4)49)42(57-30)58-38-31-27(19-44(7)41(38)61-43(5,6)62-44)34(51)33-32(35(31)52)28(50)18-29-36(33)60-45(59-29,25-14-10-8-11-15-25)26-16-12-9-13-17-26/h8-18,27,30-31,37-42,50H,19-20H2,1-7H3/t27-,30-,31+,37-,38-,39+,40-,41+,42+,44-/m1/s1. The number of rotatable bonds is 9. The summed E-state index contributed by atoms with van der Waals surface area (Å²) in [6.07, 6.45) is -10.5. The average Bonchev–Trinajstić information content (AvgIpc) is 3.71. The lowest BCUT2D eigenvalue weighted by atomic mass is 9.61. The highest BCUT2D eigenvalue weighted by Gasteiger charge is 2.67. The molecule has 62 heavy (non-hydrogen) atoms. The van der Waals surface area contributed by atoms with Crippen LogP contribution < -0.4 is 9.47 Å². The zero-order valence-electron chi connectivity index (χ0n) is 34.9. The zero-order valence-corrected chi connectivity index (χ0v) is 34.9. The summed E-state index contributed by atoms with van der Waals surface area (Å²) in [5.74, 6) is -10.6. The van der Waals surface area contributed by atoms with E-state index in [-0.39, 0.29) is 29.0 Å². The number of esters is 4. The van der Waals surface area contributed by atoms with Crippen molar-refractivity contribution in [3.05, 3.63) is 89.0 Å². The van der Waals surface area contributed by atoms with E-state index in [4.69, 9.17) is 47.4 Å². The van der Waals surface area contributed by atoms with Gasteiger partial charge in [0.25, 0.3) is 0 Å². The van der Waals surface area contributed by atoms with Crippen molar-refractivity contribution in [2.45, 2.75) is 115 Å². The number of phenols is 1. The van der Waals surface area contributed by atoms with Gasteiger partial charge in [0.15, 0.2) is 53.5 Å². The van der Waals surface area contributed by atoms with Gasteiger partial charge in [-0.15, -0.1) is 0 Å². The second-order valence-electron chi connectivity index (χ2n) is 16.6. The molecule has 3 heterocycles. The Morgan fingerprint density at radius 2 is 1.31 bits per heavy atom. The van der Waals surface area contributed by atoms with E-state index in [1.54, 1.807) is 69.3 Å². The third kappa shape index (κ3) is 7.46. The first kappa shape index (κ1) is 42.8. The molecule has 2 aliphatic carbocycles. The molecule has 0 radical (unpaired) electrons. The largest absolute Gasteiger partial charge is 0.507 e. The summed E-state index contributed by atoms with van der Waals surface area (Å²) in [6.45, 7) is 8.87. The molecule has 3 fully saturated rings. The summed E-state index contributed by atoms with van der Waals surface area (Å²) in [5, 5.41) is 11.7. The molecule has 1 saturated carbocycles. The molecule has 17 heteroatoms. The predicted molar refractivity (Wildman–Crippen MR) is 209 cm³/mol. The van der Waals surface area contributed by atoms with Gasteiger partial charge in [-0.2, -0.15) is 0 Å². The van der Waals surface area contributed by atoms with Crippen LogP contribution in [0, 0.1) is 11.8 Å². The zero-order chi connectivity index (χ0) is 44.5. The number of phenolic OH excluding ortho intramolecular Hbond substituents is 1. The minimum absolute atomic E-state index is 0.0281. The Bertz CT molecular complexity index is 2270. The highest BCUT2D eigenvalue weighted by atomic mass is 16.8. The van der Waals surface area contributed by atoms with Crippen molar-refractivity contribution in [1.29, 1.82) is 0 Å². The van der Waals surface area contributed by atoms with E-state index in [9.17, 15) is 24.3 Å². The molecule has 17 nitrogen and oxygen atoms in total. The minimum Gasteiger partial charge on any atom is -0.507 e. The summed E-state index contributed by atoms with van der Waals surface area (Å²) in [6, 6.07) is 19.3. The number of ether oxygens (including phenoxy) is 10. The van der Waals surface area contributed by atoms with Crippen molar-refractivity contribution >= 4 is 35.4 Å². The van der Waals surface area contributed by atoms with Crippen molar-refractivity contribution in [2.24, 2.45) is 11.8 Å². The second-order valence-corrected chi connectivity index (χ2v) is 16.6. The molecule has 3 aromatic rings. The molecule has 3 aromatic carbocycles. The monoisotopic (exact) mass is 858 g/mol. The van der Waals surface area contributed by atoms with E-state index in [1.807, 2.05) is 12.1 Å². The Morgan fingerprint density at radius 1 is 0.726 bits per heavy atom. The molecule has 1 N–H and O–H groups in total. The van der Waals surface area contributed by atoms with Crippen molar-refractivity contribution in [2.75, 3.05) is 6.61 Å². The molecule has 10 atom stereocenters. The molecule has 3 aliphatic heterocycles. The maximum absolute atomic E-state index is 15.2. The predicted octanol–water partition coefficient (Wildman–Crippen LogP) is 4.46. The Morgan fingerprint density at radius 3 is 1.89 bits per heavy atom. The van der Waals surface area contributed by atoms with Gasteiger partial charge in [0.2, 0.25) is 0 Å². The molecule has 0 bridgehead atoms. The Hall–Kier alpha value is -5.88. The van der Waals surface area contributed by atoms with E-state index in [2.05, 4.69) is 0 Å². The van der Waals surface area contributed by atoms with Gasteiger partial charge in [0, 0.05) is 50.8 Å². The van der Waals surface area contributed by atoms with E-state index >= 15 is 9.59 Å². The molecular weight excluding hydrogens is 812 g/mol. The Balaban J connectivity index is 1.24. The SMILES string of the molecule is CC(=O)OC[C@H]1O[C@@H](O[C@@H]2[C@@H]3C(=O)c4c(O)cc5c(c4C(=O)[C@@H]3C[C@@]3(C)OC(C)(C)O[C@@H]23)OC(c2ccccc2)(c2ccccc2)O5)[C@H](OC(C)=O)[C@@H](OC(C)=O)[C@@H]1OC(C)=O. The van der Waals surface area contributed by atoms with Crippen molar-refractivity contribution in [3.8, 4) is 17.2 Å². The van der Waals surface area contributed by atoms with Crippen molar-refractivity contribution in [3.63, 3.8) is 0 Å². The lowest BCUT2D eigenvalue weighted by molar-refractivity contribution is -0.329. The van der Waals surface area contributed by atoms with Crippen LogP contribution in [0.4, 0.5) is 0 Å². The Labute approximate surface area is 355 Å². The molecule has 0 amide bonds. The van der Waals surface area contributed by atoms with Crippen molar-refractivity contribution < 1.29 is 81.2 Å². The summed E-state index contributed by atoms with van der Waals surface area (Å²) < 4.78 is 61.2. The second kappa shape index (κ2) is 15.8. The van der Waals surface area contributed by atoms with Gasteiger partial charge < -0.3 is 52.5 Å². The van der Waals surface area contributed by atoms with E-state index in [0.29, 0.717) is 11.1 Å². The van der Waals surface area contributed by atoms with Crippen LogP contribution in [0.25, 0.3) is 0 Å². The first-order valence-corrected chi connectivity index (χ1v) is 20.1. The summed E-state index contributed by atoms with van der Waals surface area (Å²) in [7, 11) is 0. The number of hydrogen-bond donors (Lipinski definition) is 1. The molecule has 5 aliphatic rings. The molecule has 0 spiro atoms. The summed E-state index contributed by atoms with van der Waals surface area (Å²) in [5.41, 5.74) is -0.684. The first-order valence-electron chi connectivity index (χ1n) is 20.1. The lowest BCUT2D eigenvalue weighted by Crippen LogP contribution is -2.66. The molecule has 2 saturated heterocycles. The van der Waals surface area contributed by atoms with Crippen LogP contribution in [-0.4, -0.2) is 101 Å². The van der Waals surface area contributed by atoms with Gasteiger partial charge in [-0.1, -0.05) is 60.7 Å². The fourth-order valence-electron chi connectivity index (χ4n) is 9.50. The number of ketones is 2. The van der Waals surface area contributed by atoms with Gasteiger partial charge in [0.05, 0.1) is 22.6 Å². The first-order chi connectivity index (χ1) is 29.3. The van der Waals surface area contributed by atoms with Gasteiger partial charge in [-0.05, 0) is 27.2 Å². The number of Topliss-reactive ketones (excluding diaryl/α,β-unsaturated/α-hetero) is 2. The van der Waals surface area contributed by atoms with Gasteiger partial charge in [0.1, 0.15) is 30.7 Å². The number of aromatic hydroxyl groups is 1. The van der Waals surface area contributed by atoms with Crippen LogP contribution >= 0.6 is 0 Å². The quantitative estimate of drug-likeness (QED) is 0.232.